The van der Waals surface area contributed by atoms with Crippen molar-refractivity contribution in [2.24, 2.45) is 5.92 Å². The van der Waals surface area contributed by atoms with Crippen LogP contribution in [-0.4, -0.2) is 0 Å². The largest absolute Gasteiger partial charge is 0.0533 e. The third-order valence-corrected chi connectivity index (χ3v) is 2.35. The lowest BCUT2D eigenvalue weighted by atomic mass is 9.86. The van der Waals surface area contributed by atoms with Gasteiger partial charge in [0.2, 0.25) is 0 Å². The Bertz CT molecular complexity index is 70.1. The van der Waals surface area contributed by atoms with Gasteiger partial charge in [-0.2, -0.15) is 0 Å². The lowest BCUT2D eigenvalue weighted by molar-refractivity contribution is 0.390. The van der Waals surface area contributed by atoms with Crippen LogP contribution in [0.4, 0.5) is 0 Å². The summed E-state index contributed by atoms with van der Waals surface area (Å²) in [7, 11) is 0. The van der Waals surface area contributed by atoms with Gasteiger partial charge in [0.25, 0.3) is 0 Å². The molecule has 0 bridgehead atoms. The Labute approximate surface area is 65.0 Å². The van der Waals surface area contributed by atoms with Crippen molar-refractivity contribution in [1.29, 1.82) is 0 Å². The zero-order valence-electron chi connectivity index (χ0n) is 6.81. The maximum absolute atomic E-state index is 3.84. The van der Waals surface area contributed by atoms with Crippen molar-refractivity contribution in [2.45, 2.75) is 44.9 Å². The highest BCUT2D eigenvalue weighted by molar-refractivity contribution is 4.79. The van der Waals surface area contributed by atoms with E-state index in [1.807, 2.05) is 0 Å². The standard InChI is InChI=1S/C10H18/c1-2-3-7-10-8-5-4-6-9-10/h7,10H,1-6,8-9H2. The zero-order valence-corrected chi connectivity index (χ0v) is 6.81. The average molecular weight is 138 g/mol. The van der Waals surface area contributed by atoms with Crippen LogP contribution in [-0.2, 0) is 0 Å². The smallest absolute Gasteiger partial charge is 0.0355 e. The summed E-state index contributed by atoms with van der Waals surface area (Å²) in [5.74, 6) is 0.940. The van der Waals surface area contributed by atoms with Gasteiger partial charge in [0.1, 0.15) is 0 Å². The molecule has 0 atom stereocenters. The van der Waals surface area contributed by atoms with E-state index in [1.54, 1.807) is 0 Å². The molecule has 0 aromatic rings. The molecule has 1 aliphatic rings. The molecule has 0 unspecified atom stereocenters. The molecule has 0 nitrogen and oxygen atoms in total. The van der Waals surface area contributed by atoms with E-state index in [9.17, 15) is 0 Å². The topological polar surface area (TPSA) is 0 Å². The highest BCUT2D eigenvalue weighted by Gasteiger charge is 2.11. The first-order valence-electron chi connectivity index (χ1n) is 4.56. The van der Waals surface area contributed by atoms with Crippen molar-refractivity contribution < 1.29 is 0 Å². The van der Waals surface area contributed by atoms with E-state index >= 15 is 0 Å². The highest BCUT2D eigenvalue weighted by Crippen LogP contribution is 2.26. The van der Waals surface area contributed by atoms with Crippen molar-refractivity contribution >= 4 is 0 Å². The van der Waals surface area contributed by atoms with Gasteiger partial charge < -0.3 is 0 Å². The van der Waals surface area contributed by atoms with Crippen molar-refractivity contribution in [1.82, 2.24) is 0 Å². The first-order valence-corrected chi connectivity index (χ1v) is 4.56. The maximum atomic E-state index is 3.84. The molecule has 0 spiro atoms. The van der Waals surface area contributed by atoms with Crippen LogP contribution in [0.5, 0.6) is 0 Å². The SMILES string of the molecule is [CH2]CC[CH]C1CCCCC1. The van der Waals surface area contributed by atoms with Crippen molar-refractivity contribution in [2.75, 3.05) is 0 Å². The van der Waals surface area contributed by atoms with Crippen LogP contribution < -0.4 is 0 Å². The fraction of sp³-hybridized carbons (Fsp3) is 0.800. The van der Waals surface area contributed by atoms with Gasteiger partial charge in [-0.25, -0.2) is 0 Å². The molecule has 0 amide bonds. The molecule has 0 heterocycles. The molecule has 1 aliphatic carbocycles. The molecule has 0 aliphatic heterocycles. The van der Waals surface area contributed by atoms with Crippen molar-refractivity contribution in [3.8, 4) is 0 Å². The fourth-order valence-corrected chi connectivity index (χ4v) is 1.72. The van der Waals surface area contributed by atoms with Crippen molar-refractivity contribution in [3.05, 3.63) is 13.3 Å². The molecule has 0 aromatic heterocycles. The van der Waals surface area contributed by atoms with Crippen molar-refractivity contribution in [3.63, 3.8) is 0 Å². The Balaban J connectivity index is 2.02. The molecule has 0 aromatic carbocycles. The van der Waals surface area contributed by atoms with Crippen LogP contribution >= 0.6 is 0 Å². The molecule has 1 saturated carbocycles. The van der Waals surface area contributed by atoms with Gasteiger partial charge in [-0.1, -0.05) is 45.4 Å². The molecule has 58 valence electrons. The summed E-state index contributed by atoms with van der Waals surface area (Å²) >= 11 is 0. The molecule has 0 N–H and O–H groups in total. The normalized spacial score (nSPS) is 21.3. The summed E-state index contributed by atoms with van der Waals surface area (Å²) < 4.78 is 0. The molecule has 0 heteroatoms. The van der Waals surface area contributed by atoms with E-state index in [-0.39, 0.29) is 0 Å². The summed E-state index contributed by atoms with van der Waals surface area (Å²) in [5, 5.41) is 0. The Kier molecular flexibility index (Phi) is 3.86. The molecular formula is C10H18. The predicted octanol–water partition coefficient (Wildman–Crippen LogP) is 3.39. The molecular weight excluding hydrogens is 120 g/mol. The van der Waals surface area contributed by atoms with Gasteiger partial charge in [0.15, 0.2) is 0 Å². The summed E-state index contributed by atoms with van der Waals surface area (Å²) in [4.78, 5) is 0. The highest BCUT2D eigenvalue weighted by atomic mass is 14.2. The second kappa shape index (κ2) is 4.76. The summed E-state index contributed by atoms with van der Waals surface area (Å²) in [5.41, 5.74) is 0. The second-order valence-corrected chi connectivity index (χ2v) is 3.28. The predicted molar refractivity (Wildman–Crippen MR) is 45.5 cm³/mol. The number of rotatable bonds is 3. The number of hydrogen-bond donors (Lipinski definition) is 0. The van der Waals surface area contributed by atoms with Crippen LogP contribution in [0.15, 0.2) is 0 Å². The first-order chi connectivity index (χ1) is 4.93. The van der Waals surface area contributed by atoms with Crippen LogP contribution in [0.3, 0.4) is 0 Å². The van der Waals surface area contributed by atoms with Gasteiger partial charge in [0.05, 0.1) is 0 Å². The first kappa shape index (κ1) is 8.10. The Morgan fingerprint density at radius 1 is 1.20 bits per heavy atom. The Hall–Kier alpha value is 0. The second-order valence-electron chi connectivity index (χ2n) is 3.28. The van der Waals surface area contributed by atoms with E-state index in [0.29, 0.717) is 0 Å². The monoisotopic (exact) mass is 138 g/mol. The number of hydrogen-bond acceptors (Lipinski definition) is 0. The van der Waals surface area contributed by atoms with Crippen LogP contribution in [0.2, 0.25) is 0 Å². The fourth-order valence-electron chi connectivity index (χ4n) is 1.72. The zero-order chi connectivity index (χ0) is 7.23. The van der Waals surface area contributed by atoms with E-state index in [0.717, 1.165) is 12.3 Å². The van der Waals surface area contributed by atoms with E-state index < -0.39 is 0 Å². The van der Waals surface area contributed by atoms with Gasteiger partial charge in [-0.3, -0.25) is 0 Å². The minimum absolute atomic E-state index is 0.940. The van der Waals surface area contributed by atoms with Gasteiger partial charge in [-0.15, -0.1) is 0 Å². The van der Waals surface area contributed by atoms with E-state index in [1.165, 1.54) is 38.5 Å². The van der Waals surface area contributed by atoms with E-state index in [4.69, 9.17) is 0 Å². The summed E-state index contributed by atoms with van der Waals surface area (Å²) in [6.07, 6.45) is 12.1. The van der Waals surface area contributed by atoms with Crippen LogP contribution in [0, 0.1) is 19.3 Å². The number of unbranched alkanes of at least 4 members (excludes halogenated alkanes) is 1. The molecule has 2 radical (unpaired) electrons. The third-order valence-electron chi connectivity index (χ3n) is 2.35. The maximum Gasteiger partial charge on any atom is -0.0355 e. The quantitative estimate of drug-likeness (QED) is 0.561. The Morgan fingerprint density at radius 2 is 1.90 bits per heavy atom. The minimum Gasteiger partial charge on any atom is -0.0533 e. The van der Waals surface area contributed by atoms with Gasteiger partial charge >= 0.3 is 0 Å². The lowest BCUT2D eigenvalue weighted by Crippen LogP contribution is -2.06. The molecule has 10 heavy (non-hydrogen) atoms. The molecule has 1 fully saturated rings. The Morgan fingerprint density at radius 3 is 2.50 bits per heavy atom. The summed E-state index contributed by atoms with van der Waals surface area (Å²) in [6, 6.07) is 0. The van der Waals surface area contributed by atoms with E-state index in [2.05, 4.69) is 13.3 Å². The molecule has 0 saturated heterocycles. The van der Waals surface area contributed by atoms with Crippen LogP contribution in [0.25, 0.3) is 0 Å². The molecule has 1 rings (SSSR count). The summed E-state index contributed by atoms with van der Waals surface area (Å²) in [6.45, 7) is 3.84. The van der Waals surface area contributed by atoms with Gasteiger partial charge in [0, 0.05) is 0 Å². The van der Waals surface area contributed by atoms with Gasteiger partial charge in [-0.05, 0) is 18.8 Å². The average Bonchev–Trinajstić information content (AvgIpc) is 2.03. The third kappa shape index (κ3) is 2.72. The lowest BCUT2D eigenvalue weighted by Gasteiger charge is -2.20. The minimum atomic E-state index is 0.940. The van der Waals surface area contributed by atoms with Crippen LogP contribution in [0.1, 0.15) is 44.9 Å².